The molecule has 0 amide bonds. The third-order valence-electron chi connectivity index (χ3n) is 0.917. The fourth-order valence-corrected chi connectivity index (χ4v) is 0.365. The Hall–Kier alpha value is 0.200. The van der Waals surface area contributed by atoms with Gasteiger partial charge in [0.1, 0.15) is 6.10 Å². The van der Waals surface area contributed by atoms with Gasteiger partial charge in [0, 0.05) is 3.92 Å². The average Bonchev–Trinajstić information content (AvgIpc) is 1.67. The van der Waals surface area contributed by atoms with E-state index < -0.39 is 0 Å². The van der Waals surface area contributed by atoms with Crippen LogP contribution in [0.25, 0.3) is 0 Å². The van der Waals surface area contributed by atoms with Gasteiger partial charge in [-0.05, 0) is 13.8 Å². The summed E-state index contributed by atoms with van der Waals surface area (Å²) in [5.74, 6) is 0. The summed E-state index contributed by atoms with van der Waals surface area (Å²) in [4.78, 5) is 9.69. The third-order valence-corrected chi connectivity index (χ3v) is 1.93. The molecule has 0 radical (unpaired) electrons. The first-order valence-electron chi connectivity index (χ1n) is 2.41. The molecule has 8 heavy (non-hydrogen) atoms. The van der Waals surface area contributed by atoms with Gasteiger partial charge >= 0.3 is 0 Å². The van der Waals surface area contributed by atoms with Crippen molar-refractivity contribution in [2.24, 2.45) is 0 Å². The van der Waals surface area contributed by atoms with E-state index in [-0.39, 0.29) is 6.10 Å². The smallest absolute Gasteiger partial charge is 0.293 e. The number of halogens is 1. The van der Waals surface area contributed by atoms with Crippen LogP contribution in [0.2, 0.25) is 0 Å². The first-order chi connectivity index (χ1) is 3.68. The van der Waals surface area contributed by atoms with E-state index in [2.05, 4.69) is 27.3 Å². The highest BCUT2D eigenvalue weighted by Crippen LogP contribution is 2.06. The summed E-state index contributed by atoms with van der Waals surface area (Å²) in [6.45, 7) is 4.35. The number of rotatable bonds is 3. The zero-order valence-corrected chi connectivity index (χ0v) is 7.08. The largest absolute Gasteiger partial charge is 0.464 e. The summed E-state index contributed by atoms with van der Waals surface area (Å²) in [5, 5.41) is 0. The van der Waals surface area contributed by atoms with Crippen molar-refractivity contribution in [3.05, 3.63) is 0 Å². The topological polar surface area (TPSA) is 26.3 Å². The molecule has 0 aliphatic heterocycles. The van der Waals surface area contributed by atoms with Crippen LogP contribution in [0.15, 0.2) is 0 Å². The molecule has 0 saturated heterocycles. The third kappa shape index (κ3) is 3.23. The number of hydrogen-bond acceptors (Lipinski definition) is 2. The molecule has 2 unspecified atom stereocenters. The molecule has 0 aromatic carbocycles. The maximum Gasteiger partial charge on any atom is 0.293 e. The van der Waals surface area contributed by atoms with Crippen LogP contribution in [0.1, 0.15) is 13.8 Å². The average molecular weight is 228 g/mol. The van der Waals surface area contributed by atoms with Gasteiger partial charge in [0.25, 0.3) is 6.47 Å². The van der Waals surface area contributed by atoms with Crippen LogP contribution in [0.3, 0.4) is 0 Å². The predicted octanol–water partition coefficient (Wildman–Crippen LogP) is 1.37. The minimum absolute atomic E-state index is 0.0353. The van der Waals surface area contributed by atoms with Gasteiger partial charge in [0.15, 0.2) is 0 Å². The molecule has 0 aliphatic rings. The van der Waals surface area contributed by atoms with E-state index >= 15 is 0 Å². The fraction of sp³-hybridized carbons (Fsp3) is 0.800. The molecule has 0 bridgehead atoms. The predicted molar refractivity (Wildman–Crippen MR) is 40.1 cm³/mol. The number of ether oxygens (including phenoxy) is 1. The summed E-state index contributed by atoms with van der Waals surface area (Å²) in [7, 11) is 0. The lowest BCUT2D eigenvalue weighted by molar-refractivity contribution is -0.132. The molecule has 0 aromatic heterocycles. The summed E-state index contributed by atoms with van der Waals surface area (Å²) >= 11 is 2.21. The first-order valence-corrected chi connectivity index (χ1v) is 3.66. The van der Waals surface area contributed by atoms with Crippen LogP contribution in [0.5, 0.6) is 0 Å². The molecule has 0 heterocycles. The maximum atomic E-state index is 9.69. The molecule has 3 heteroatoms. The minimum atomic E-state index is 0.0353. The van der Waals surface area contributed by atoms with Crippen molar-refractivity contribution in [3.8, 4) is 0 Å². The molecule has 0 aliphatic carbocycles. The second-order valence-corrected chi connectivity index (χ2v) is 3.58. The Morgan fingerprint density at radius 2 is 2.12 bits per heavy atom. The quantitative estimate of drug-likeness (QED) is 0.414. The summed E-state index contributed by atoms with van der Waals surface area (Å²) in [5.41, 5.74) is 0. The lowest BCUT2D eigenvalue weighted by Gasteiger charge is -2.10. The zero-order chi connectivity index (χ0) is 6.57. The Kier molecular flexibility index (Phi) is 4.22. The molecule has 0 fully saturated rings. The van der Waals surface area contributed by atoms with Gasteiger partial charge in [-0.2, -0.15) is 0 Å². The van der Waals surface area contributed by atoms with E-state index in [9.17, 15) is 4.79 Å². The van der Waals surface area contributed by atoms with Gasteiger partial charge in [-0.1, -0.05) is 22.6 Å². The Bertz CT molecular complexity index is 72.8. The highest BCUT2D eigenvalue weighted by molar-refractivity contribution is 14.1. The molecule has 0 aromatic rings. The SMILES string of the molecule is CC(I)C(C)OC=O. The monoisotopic (exact) mass is 228 g/mol. The molecule has 2 nitrogen and oxygen atoms in total. The summed E-state index contributed by atoms with van der Waals surface area (Å²) < 4.78 is 5.00. The number of hydrogen-bond donors (Lipinski definition) is 0. The van der Waals surface area contributed by atoms with Gasteiger partial charge in [-0.3, -0.25) is 4.79 Å². The van der Waals surface area contributed by atoms with Crippen LogP contribution >= 0.6 is 22.6 Å². The van der Waals surface area contributed by atoms with Crippen LogP contribution in [-0.4, -0.2) is 16.5 Å². The zero-order valence-electron chi connectivity index (χ0n) is 4.93. The first kappa shape index (κ1) is 8.20. The Morgan fingerprint density at radius 1 is 1.62 bits per heavy atom. The van der Waals surface area contributed by atoms with E-state index in [1.807, 2.05) is 13.8 Å². The van der Waals surface area contributed by atoms with Crippen molar-refractivity contribution in [2.75, 3.05) is 0 Å². The molecular weight excluding hydrogens is 219 g/mol. The molecule has 2 atom stereocenters. The second-order valence-electron chi connectivity index (χ2n) is 1.61. The van der Waals surface area contributed by atoms with Gasteiger partial charge in [0.2, 0.25) is 0 Å². The number of carbonyl (C=O) groups excluding carboxylic acids is 1. The van der Waals surface area contributed by atoms with Gasteiger partial charge in [0.05, 0.1) is 0 Å². The Labute approximate surface area is 62.7 Å². The number of alkyl halides is 1. The molecule has 0 rings (SSSR count). The molecular formula is C5H9IO2. The molecule has 48 valence electrons. The van der Waals surface area contributed by atoms with Crippen LogP contribution in [0, 0.1) is 0 Å². The lowest BCUT2D eigenvalue weighted by atomic mass is 10.3. The summed E-state index contributed by atoms with van der Waals surface area (Å²) in [6, 6.07) is 0. The number of carbonyl (C=O) groups is 1. The molecule has 0 N–H and O–H groups in total. The highest BCUT2D eigenvalue weighted by atomic mass is 127. The van der Waals surface area contributed by atoms with Crippen LogP contribution < -0.4 is 0 Å². The van der Waals surface area contributed by atoms with E-state index in [0.29, 0.717) is 10.4 Å². The van der Waals surface area contributed by atoms with E-state index in [1.165, 1.54) is 0 Å². The van der Waals surface area contributed by atoms with Crippen LogP contribution in [0.4, 0.5) is 0 Å². The van der Waals surface area contributed by atoms with E-state index in [4.69, 9.17) is 0 Å². The van der Waals surface area contributed by atoms with Crippen molar-refractivity contribution in [3.63, 3.8) is 0 Å². The normalized spacial score (nSPS) is 16.9. The Morgan fingerprint density at radius 3 is 2.25 bits per heavy atom. The van der Waals surface area contributed by atoms with Gasteiger partial charge in [-0.25, -0.2) is 0 Å². The summed E-state index contributed by atoms with van der Waals surface area (Å²) in [6.07, 6.45) is 0.0353. The minimum Gasteiger partial charge on any atom is -0.464 e. The standard InChI is InChI=1S/C5H9IO2/c1-4(6)5(2)8-3-7/h3-5H,1-2H3. The maximum absolute atomic E-state index is 9.69. The molecule has 0 saturated carbocycles. The van der Waals surface area contributed by atoms with Gasteiger partial charge in [-0.15, -0.1) is 0 Å². The second kappa shape index (κ2) is 4.12. The highest BCUT2D eigenvalue weighted by Gasteiger charge is 2.06. The van der Waals surface area contributed by atoms with Crippen LogP contribution in [-0.2, 0) is 9.53 Å². The van der Waals surface area contributed by atoms with Crippen molar-refractivity contribution in [2.45, 2.75) is 23.9 Å². The van der Waals surface area contributed by atoms with E-state index in [1.54, 1.807) is 0 Å². The van der Waals surface area contributed by atoms with E-state index in [0.717, 1.165) is 0 Å². The lowest BCUT2D eigenvalue weighted by Crippen LogP contribution is -2.16. The van der Waals surface area contributed by atoms with Crippen molar-refractivity contribution in [1.82, 2.24) is 0 Å². The van der Waals surface area contributed by atoms with Crippen molar-refractivity contribution >= 4 is 29.1 Å². The fourth-order valence-electron chi connectivity index (χ4n) is 0.196. The van der Waals surface area contributed by atoms with Crippen molar-refractivity contribution < 1.29 is 9.53 Å². The molecule has 0 spiro atoms. The Balaban J connectivity index is 3.30. The van der Waals surface area contributed by atoms with Gasteiger partial charge < -0.3 is 4.74 Å². The van der Waals surface area contributed by atoms with Crippen molar-refractivity contribution in [1.29, 1.82) is 0 Å².